The van der Waals surface area contributed by atoms with Crippen molar-refractivity contribution in [3.8, 4) is 0 Å². The van der Waals surface area contributed by atoms with Gasteiger partial charge in [0.05, 0.1) is 12.2 Å². The summed E-state index contributed by atoms with van der Waals surface area (Å²) in [6.45, 7) is 2.42. The van der Waals surface area contributed by atoms with E-state index in [1.165, 1.54) is 0 Å². The van der Waals surface area contributed by atoms with E-state index in [0.29, 0.717) is 23.3 Å². The minimum Gasteiger partial charge on any atom is -0.364 e. The Labute approximate surface area is 98.7 Å². The third-order valence-electron chi connectivity index (χ3n) is 1.98. The monoisotopic (exact) mass is 234 g/mol. The van der Waals surface area contributed by atoms with Crippen molar-refractivity contribution in [1.29, 1.82) is 0 Å². The minimum absolute atomic E-state index is 0.441. The molecule has 5 heteroatoms. The molecule has 0 bridgehead atoms. The largest absolute Gasteiger partial charge is 0.364 e. The summed E-state index contributed by atoms with van der Waals surface area (Å²) >= 11 is 5.83. The molecule has 0 aliphatic heterocycles. The van der Waals surface area contributed by atoms with Crippen LogP contribution in [0.25, 0.3) is 0 Å². The van der Waals surface area contributed by atoms with Gasteiger partial charge in [-0.3, -0.25) is 4.98 Å². The SMILES string of the molecule is Cc1nc(Cl)cc(NCc2ccccn2)n1. The molecule has 1 N–H and O–H groups in total. The molecule has 82 valence electrons. The third-order valence-corrected chi connectivity index (χ3v) is 2.18. The number of aromatic nitrogens is 3. The second-order valence-corrected chi connectivity index (χ2v) is 3.68. The van der Waals surface area contributed by atoms with Crippen LogP contribution in [0.4, 0.5) is 5.82 Å². The number of anilines is 1. The molecule has 2 aromatic heterocycles. The quantitative estimate of drug-likeness (QED) is 0.829. The number of pyridine rings is 1. The molecule has 2 rings (SSSR count). The van der Waals surface area contributed by atoms with Crippen molar-refractivity contribution in [3.63, 3.8) is 0 Å². The fourth-order valence-electron chi connectivity index (χ4n) is 1.31. The Hall–Kier alpha value is -1.68. The molecule has 16 heavy (non-hydrogen) atoms. The normalized spacial score (nSPS) is 10.1. The minimum atomic E-state index is 0.441. The summed E-state index contributed by atoms with van der Waals surface area (Å²) in [6, 6.07) is 7.47. The van der Waals surface area contributed by atoms with Gasteiger partial charge in [0, 0.05) is 12.3 Å². The Balaban J connectivity index is 2.05. The van der Waals surface area contributed by atoms with Gasteiger partial charge in [-0.05, 0) is 19.1 Å². The van der Waals surface area contributed by atoms with Crippen molar-refractivity contribution in [2.75, 3.05) is 5.32 Å². The molecular formula is C11H11ClN4. The molecule has 0 fully saturated rings. The average Bonchev–Trinajstić information content (AvgIpc) is 2.27. The lowest BCUT2D eigenvalue weighted by Crippen LogP contribution is -2.04. The summed E-state index contributed by atoms with van der Waals surface area (Å²) in [5, 5.41) is 3.59. The van der Waals surface area contributed by atoms with E-state index in [-0.39, 0.29) is 0 Å². The fraction of sp³-hybridized carbons (Fsp3) is 0.182. The van der Waals surface area contributed by atoms with E-state index >= 15 is 0 Å². The fourth-order valence-corrected chi connectivity index (χ4v) is 1.53. The van der Waals surface area contributed by atoms with Crippen LogP contribution in [-0.2, 0) is 6.54 Å². The molecule has 0 amide bonds. The van der Waals surface area contributed by atoms with Gasteiger partial charge in [-0.1, -0.05) is 17.7 Å². The number of aryl methyl sites for hydroxylation is 1. The van der Waals surface area contributed by atoms with Crippen LogP contribution in [0, 0.1) is 6.92 Å². The van der Waals surface area contributed by atoms with Crippen LogP contribution in [0.15, 0.2) is 30.5 Å². The van der Waals surface area contributed by atoms with Crippen molar-refractivity contribution in [2.45, 2.75) is 13.5 Å². The molecule has 0 spiro atoms. The Bertz CT molecular complexity index is 452. The molecule has 0 unspecified atom stereocenters. The van der Waals surface area contributed by atoms with Gasteiger partial charge >= 0.3 is 0 Å². The van der Waals surface area contributed by atoms with Gasteiger partial charge in [-0.15, -0.1) is 0 Å². The van der Waals surface area contributed by atoms with Crippen LogP contribution in [-0.4, -0.2) is 15.0 Å². The molecule has 0 saturated heterocycles. The number of nitrogens with zero attached hydrogens (tertiary/aromatic N) is 3. The molecule has 0 atom stereocenters. The van der Waals surface area contributed by atoms with Crippen LogP contribution in [0.2, 0.25) is 5.15 Å². The van der Waals surface area contributed by atoms with Crippen molar-refractivity contribution in [2.24, 2.45) is 0 Å². The molecule has 2 aromatic rings. The highest BCUT2D eigenvalue weighted by molar-refractivity contribution is 6.29. The van der Waals surface area contributed by atoms with Crippen molar-refractivity contribution >= 4 is 17.4 Å². The molecule has 0 saturated carbocycles. The number of nitrogens with one attached hydrogen (secondary N) is 1. The topological polar surface area (TPSA) is 50.7 Å². The highest BCUT2D eigenvalue weighted by Crippen LogP contribution is 2.11. The van der Waals surface area contributed by atoms with Gasteiger partial charge in [0.15, 0.2) is 0 Å². The molecule has 4 nitrogen and oxygen atoms in total. The maximum absolute atomic E-state index is 5.83. The first-order valence-corrected chi connectivity index (χ1v) is 5.27. The van der Waals surface area contributed by atoms with Crippen LogP contribution >= 0.6 is 11.6 Å². The van der Waals surface area contributed by atoms with Gasteiger partial charge in [0.2, 0.25) is 0 Å². The van der Waals surface area contributed by atoms with Crippen LogP contribution in [0.1, 0.15) is 11.5 Å². The number of hydrogen-bond acceptors (Lipinski definition) is 4. The average molecular weight is 235 g/mol. The van der Waals surface area contributed by atoms with Gasteiger partial charge < -0.3 is 5.32 Å². The highest BCUT2D eigenvalue weighted by Gasteiger charge is 1.99. The molecule has 0 aromatic carbocycles. The zero-order valence-electron chi connectivity index (χ0n) is 8.81. The van der Waals surface area contributed by atoms with E-state index in [4.69, 9.17) is 11.6 Å². The third kappa shape index (κ3) is 2.90. The first-order valence-electron chi connectivity index (χ1n) is 4.89. The summed E-state index contributed by atoms with van der Waals surface area (Å²) in [5.41, 5.74) is 0.954. The van der Waals surface area contributed by atoms with E-state index in [1.807, 2.05) is 18.2 Å². The Morgan fingerprint density at radius 1 is 1.31 bits per heavy atom. The smallest absolute Gasteiger partial charge is 0.134 e. The van der Waals surface area contributed by atoms with E-state index in [0.717, 1.165) is 5.69 Å². The lowest BCUT2D eigenvalue weighted by Gasteiger charge is -2.05. The summed E-state index contributed by atoms with van der Waals surface area (Å²) in [4.78, 5) is 12.4. The predicted molar refractivity (Wildman–Crippen MR) is 63.3 cm³/mol. The Morgan fingerprint density at radius 2 is 2.19 bits per heavy atom. The maximum Gasteiger partial charge on any atom is 0.134 e. The standard InChI is InChI=1S/C11H11ClN4/c1-8-15-10(12)6-11(16-8)14-7-9-4-2-3-5-13-9/h2-6H,7H2,1H3,(H,14,15,16). The number of hydrogen-bond donors (Lipinski definition) is 1. The van der Waals surface area contributed by atoms with Crippen LogP contribution in [0.3, 0.4) is 0 Å². The molecule has 0 aliphatic rings. The second-order valence-electron chi connectivity index (χ2n) is 3.30. The van der Waals surface area contributed by atoms with Crippen molar-refractivity contribution < 1.29 is 0 Å². The second kappa shape index (κ2) is 4.90. The Morgan fingerprint density at radius 3 is 2.88 bits per heavy atom. The molecule has 0 radical (unpaired) electrons. The van der Waals surface area contributed by atoms with Crippen LogP contribution < -0.4 is 5.32 Å². The van der Waals surface area contributed by atoms with E-state index < -0.39 is 0 Å². The zero-order chi connectivity index (χ0) is 11.4. The lowest BCUT2D eigenvalue weighted by molar-refractivity contribution is 0.995. The summed E-state index contributed by atoms with van der Waals surface area (Å²) in [5.74, 6) is 1.36. The lowest BCUT2D eigenvalue weighted by atomic mass is 10.3. The van der Waals surface area contributed by atoms with Crippen molar-refractivity contribution in [1.82, 2.24) is 15.0 Å². The molecule has 0 aliphatic carbocycles. The van der Waals surface area contributed by atoms with E-state index in [2.05, 4.69) is 20.3 Å². The summed E-state index contributed by atoms with van der Waals surface area (Å²) in [7, 11) is 0. The van der Waals surface area contributed by atoms with Gasteiger partial charge in [-0.2, -0.15) is 0 Å². The highest BCUT2D eigenvalue weighted by atomic mass is 35.5. The number of rotatable bonds is 3. The van der Waals surface area contributed by atoms with Gasteiger partial charge in [0.25, 0.3) is 0 Å². The summed E-state index contributed by atoms with van der Waals surface area (Å²) in [6.07, 6.45) is 1.76. The van der Waals surface area contributed by atoms with Gasteiger partial charge in [0.1, 0.15) is 16.8 Å². The van der Waals surface area contributed by atoms with Gasteiger partial charge in [-0.25, -0.2) is 9.97 Å². The molecular weight excluding hydrogens is 224 g/mol. The Kier molecular flexibility index (Phi) is 3.31. The zero-order valence-corrected chi connectivity index (χ0v) is 9.57. The predicted octanol–water partition coefficient (Wildman–Crippen LogP) is 2.45. The summed E-state index contributed by atoms with van der Waals surface area (Å²) < 4.78 is 0. The first-order chi connectivity index (χ1) is 7.74. The van der Waals surface area contributed by atoms with E-state index in [1.54, 1.807) is 19.2 Å². The number of halogens is 1. The van der Waals surface area contributed by atoms with Crippen LogP contribution in [0.5, 0.6) is 0 Å². The maximum atomic E-state index is 5.83. The van der Waals surface area contributed by atoms with E-state index in [9.17, 15) is 0 Å². The molecule has 2 heterocycles. The van der Waals surface area contributed by atoms with Crippen molar-refractivity contribution in [3.05, 3.63) is 47.1 Å². The first kappa shape index (κ1) is 10.8.